The Morgan fingerprint density at radius 1 is 0.295 bits per heavy atom. The second-order valence-electron chi connectivity index (χ2n) is 24.3. The van der Waals surface area contributed by atoms with Crippen LogP contribution in [-0.2, 0) is 19.1 Å². The summed E-state index contributed by atoms with van der Waals surface area (Å²) < 4.78 is 10.8. The van der Waals surface area contributed by atoms with Crippen LogP contribution in [0.15, 0.2) is 36.5 Å². The normalized spacial score (nSPS) is 12.3. The molecule has 0 aliphatic heterocycles. The van der Waals surface area contributed by atoms with Crippen molar-refractivity contribution in [2.75, 3.05) is 13.2 Å². The standard InChI is InChI=1S/C73H138O5/c1-3-5-7-9-11-13-15-17-19-21-23-25-27-29-31-33-34-35-36-37-38-40-41-43-45-47-49-51-53-55-57-59-61-63-65-67-72(75)77-70-71(69-74)78-73(76)68-66-64-62-60-58-56-54-52-50-48-46-44-42-39-32-30-28-26-24-22-20-18-16-14-12-10-8-6-4-2/h16,18,21-24,71,74H,3-15,17,19-20,25-70H2,1-2H3/b18-16-,23-21-,24-22-. The lowest BCUT2D eigenvalue weighted by molar-refractivity contribution is -0.161. The zero-order chi connectivity index (χ0) is 56.2. The summed E-state index contributed by atoms with van der Waals surface area (Å²) in [6, 6.07) is 0. The van der Waals surface area contributed by atoms with Crippen LogP contribution in [0, 0.1) is 0 Å². The highest BCUT2D eigenvalue weighted by atomic mass is 16.6. The number of carbonyl (C=O) groups is 2. The van der Waals surface area contributed by atoms with E-state index in [9.17, 15) is 14.7 Å². The van der Waals surface area contributed by atoms with Crippen molar-refractivity contribution in [2.24, 2.45) is 0 Å². The summed E-state index contributed by atoms with van der Waals surface area (Å²) in [5.74, 6) is -0.566. The quantitative estimate of drug-likeness (QED) is 0.0373. The van der Waals surface area contributed by atoms with E-state index in [0.717, 1.165) is 38.5 Å². The molecule has 5 nitrogen and oxygen atoms in total. The van der Waals surface area contributed by atoms with Gasteiger partial charge < -0.3 is 14.6 Å². The van der Waals surface area contributed by atoms with E-state index in [1.54, 1.807) is 0 Å². The first-order valence-electron chi connectivity index (χ1n) is 35.5. The minimum Gasteiger partial charge on any atom is -0.462 e. The van der Waals surface area contributed by atoms with E-state index in [1.807, 2.05) is 0 Å². The highest BCUT2D eigenvalue weighted by molar-refractivity contribution is 5.70. The van der Waals surface area contributed by atoms with Crippen molar-refractivity contribution in [3.05, 3.63) is 36.5 Å². The lowest BCUT2D eigenvalue weighted by Gasteiger charge is -2.15. The van der Waals surface area contributed by atoms with Gasteiger partial charge in [-0.15, -0.1) is 0 Å². The van der Waals surface area contributed by atoms with Crippen LogP contribution in [-0.4, -0.2) is 36.4 Å². The first-order valence-corrected chi connectivity index (χ1v) is 35.5. The van der Waals surface area contributed by atoms with Gasteiger partial charge in [-0.05, 0) is 70.6 Å². The van der Waals surface area contributed by atoms with Gasteiger partial charge in [-0.3, -0.25) is 9.59 Å². The first kappa shape index (κ1) is 76.1. The number of unbranched alkanes of at least 4 members (excludes halogenated alkanes) is 53. The molecule has 0 saturated carbocycles. The summed E-state index contributed by atoms with van der Waals surface area (Å²) in [4.78, 5) is 24.7. The second-order valence-corrected chi connectivity index (χ2v) is 24.3. The molecular formula is C73H138O5. The van der Waals surface area contributed by atoms with Gasteiger partial charge in [0.15, 0.2) is 6.10 Å². The number of carbonyl (C=O) groups excluding carboxylic acids is 2. The summed E-state index contributed by atoms with van der Waals surface area (Å²) in [5, 5.41) is 9.70. The smallest absolute Gasteiger partial charge is 0.306 e. The predicted octanol–water partition coefficient (Wildman–Crippen LogP) is 24.5. The van der Waals surface area contributed by atoms with E-state index >= 15 is 0 Å². The Morgan fingerprint density at radius 2 is 0.513 bits per heavy atom. The molecular weight excluding hydrogens is 957 g/mol. The molecule has 0 saturated heterocycles. The Hall–Kier alpha value is -1.88. The second kappa shape index (κ2) is 69.4. The SMILES string of the molecule is CCCCCCC/C=C\C/C=C\CCCCCCCCCCCCCCCCCCCC(=O)OC(CO)COC(=O)CCCCCCCCCCCCCCCCCCCCCCCCC/C=C\CCCCCCCCCC. The van der Waals surface area contributed by atoms with Gasteiger partial charge in [0.1, 0.15) is 6.61 Å². The van der Waals surface area contributed by atoms with Gasteiger partial charge in [0.25, 0.3) is 0 Å². The monoisotopic (exact) mass is 1100 g/mol. The first-order chi connectivity index (χ1) is 38.6. The van der Waals surface area contributed by atoms with Gasteiger partial charge in [-0.2, -0.15) is 0 Å². The number of allylic oxidation sites excluding steroid dienone is 6. The maximum Gasteiger partial charge on any atom is 0.306 e. The molecule has 0 spiro atoms. The Morgan fingerprint density at radius 3 is 0.769 bits per heavy atom. The van der Waals surface area contributed by atoms with Crippen LogP contribution in [0.3, 0.4) is 0 Å². The van der Waals surface area contributed by atoms with E-state index in [1.165, 1.54) is 334 Å². The molecule has 5 heteroatoms. The summed E-state index contributed by atoms with van der Waals surface area (Å²) in [6.07, 6.45) is 91.9. The molecule has 0 fully saturated rings. The zero-order valence-corrected chi connectivity index (χ0v) is 53.0. The molecule has 0 aromatic carbocycles. The minimum atomic E-state index is -0.770. The molecule has 1 unspecified atom stereocenters. The third kappa shape index (κ3) is 66.6. The topological polar surface area (TPSA) is 72.8 Å². The number of aliphatic hydroxyl groups excluding tert-OH is 1. The van der Waals surface area contributed by atoms with Gasteiger partial charge in [0.2, 0.25) is 0 Å². The molecule has 0 aliphatic carbocycles. The summed E-state index contributed by atoms with van der Waals surface area (Å²) in [5.41, 5.74) is 0. The van der Waals surface area contributed by atoms with E-state index in [4.69, 9.17) is 9.47 Å². The number of hydrogen-bond donors (Lipinski definition) is 1. The number of esters is 2. The third-order valence-electron chi connectivity index (χ3n) is 16.4. The molecule has 460 valence electrons. The molecule has 0 aromatic heterocycles. The summed E-state index contributed by atoms with van der Waals surface area (Å²) in [6.45, 7) is 4.19. The van der Waals surface area contributed by atoms with Crippen molar-refractivity contribution >= 4 is 11.9 Å². The number of hydrogen-bond acceptors (Lipinski definition) is 5. The van der Waals surface area contributed by atoms with Crippen LogP contribution in [0.5, 0.6) is 0 Å². The molecule has 0 aromatic rings. The van der Waals surface area contributed by atoms with Crippen molar-refractivity contribution in [2.45, 2.75) is 405 Å². The molecule has 0 rings (SSSR count). The van der Waals surface area contributed by atoms with Crippen molar-refractivity contribution in [3.63, 3.8) is 0 Å². The minimum absolute atomic E-state index is 0.0594. The van der Waals surface area contributed by atoms with Crippen LogP contribution in [0.4, 0.5) is 0 Å². The summed E-state index contributed by atoms with van der Waals surface area (Å²) >= 11 is 0. The van der Waals surface area contributed by atoms with Crippen LogP contribution in [0.2, 0.25) is 0 Å². The largest absolute Gasteiger partial charge is 0.462 e. The van der Waals surface area contributed by atoms with Crippen LogP contribution in [0.25, 0.3) is 0 Å². The van der Waals surface area contributed by atoms with Crippen LogP contribution >= 0.6 is 0 Å². The van der Waals surface area contributed by atoms with Crippen molar-refractivity contribution < 1.29 is 24.2 Å². The average Bonchev–Trinajstić information content (AvgIpc) is 3.44. The molecule has 78 heavy (non-hydrogen) atoms. The van der Waals surface area contributed by atoms with E-state index in [2.05, 4.69) is 50.3 Å². The van der Waals surface area contributed by atoms with Gasteiger partial charge in [-0.1, -0.05) is 352 Å². The fraction of sp³-hybridized carbons (Fsp3) is 0.890. The van der Waals surface area contributed by atoms with Gasteiger partial charge in [0, 0.05) is 12.8 Å². The third-order valence-corrected chi connectivity index (χ3v) is 16.4. The van der Waals surface area contributed by atoms with E-state index in [0.29, 0.717) is 12.8 Å². The summed E-state index contributed by atoms with van der Waals surface area (Å²) in [7, 11) is 0. The molecule has 0 bridgehead atoms. The van der Waals surface area contributed by atoms with E-state index in [-0.39, 0.29) is 25.2 Å². The Kier molecular flexibility index (Phi) is 67.7. The molecule has 0 aliphatic rings. The Bertz CT molecular complexity index is 1240. The lowest BCUT2D eigenvalue weighted by atomic mass is 10.0. The van der Waals surface area contributed by atoms with Crippen molar-refractivity contribution in [1.29, 1.82) is 0 Å². The van der Waals surface area contributed by atoms with Gasteiger partial charge in [-0.25, -0.2) is 0 Å². The zero-order valence-electron chi connectivity index (χ0n) is 53.0. The van der Waals surface area contributed by atoms with E-state index < -0.39 is 6.10 Å². The maximum atomic E-state index is 12.4. The number of rotatable bonds is 67. The predicted molar refractivity (Wildman–Crippen MR) is 344 cm³/mol. The lowest BCUT2D eigenvalue weighted by Crippen LogP contribution is -2.28. The molecule has 1 atom stereocenters. The van der Waals surface area contributed by atoms with Crippen molar-refractivity contribution in [3.8, 4) is 0 Å². The van der Waals surface area contributed by atoms with Gasteiger partial charge in [0.05, 0.1) is 6.61 Å². The Balaban J connectivity index is 3.38. The molecule has 0 heterocycles. The highest BCUT2D eigenvalue weighted by Crippen LogP contribution is 2.19. The van der Waals surface area contributed by atoms with Crippen LogP contribution in [0.1, 0.15) is 399 Å². The van der Waals surface area contributed by atoms with Crippen LogP contribution < -0.4 is 0 Å². The average molecular weight is 1100 g/mol. The molecule has 0 amide bonds. The molecule has 0 radical (unpaired) electrons. The molecule has 1 N–H and O–H groups in total. The van der Waals surface area contributed by atoms with Crippen molar-refractivity contribution in [1.82, 2.24) is 0 Å². The maximum absolute atomic E-state index is 12.4. The Labute approximate surface area is 488 Å². The highest BCUT2D eigenvalue weighted by Gasteiger charge is 2.16. The fourth-order valence-corrected chi connectivity index (χ4v) is 11.1. The fourth-order valence-electron chi connectivity index (χ4n) is 11.1. The number of aliphatic hydroxyl groups is 1. The van der Waals surface area contributed by atoms with Gasteiger partial charge >= 0.3 is 11.9 Å². The number of ether oxygens (including phenoxy) is 2.